The molecule has 1 aromatic heterocycles. The molecule has 1 aliphatic carbocycles. The van der Waals surface area contributed by atoms with Gasteiger partial charge in [0.05, 0.1) is 0 Å². The van der Waals surface area contributed by atoms with Crippen molar-refractivity contribution in [1.29, 1.82) is 0 Å². The van der Waals surface area contributed by atoms with E-state index in [0.717, 1.165) is 25.2 Å². The van der Waals surface area contributed by atoms with Crippen LogP contribution in [0.4, 0.5) is 4.39 Å². The molecule has 2 heterocycles. The van der Waals surface area contributed by atoms with Gasteiger partial charge in [0, 0.05) is 42.1 Å². The number of halogens is 1. The quantitative estimate of drug-likeness (QED) is 0.774. The molecule has 0 atom stereocenters. The first-order valence-corrected chi connectivity index (χ1v) is 8.67. The summed E-state index contributed by atoms with van der Waals surface area (Å²) in [5.41, 5.74) is 5.29. The van der Waals surface area contributed by atoms with Crippen LogP contribution >= 0.6 is 0 Å². The molecule has 122 valence electrons. The summed E-state index contributed by atoms with van der Waals surface area (Å²) in [5.74, 6) is 0.521. The molecule has 4 rings (SSSR count). The van der Waals surface area contributed by atoms with Crippen LogP contribution in [0.3, 0.4) is 0 Å². The Labute approximate surface area is 137 Å². The van der Waals surface area contributed by atoms with E-state index >= 15 is 0 Å². The molecule has 3 heteroatoms. The molecule has 2 aliphatic rings. The van der Waals surface area contributed by atoms with E-state index < -0.39 is 0 Å². The summed E-state index contributed by atoms with van der Waals surface area (Å²) in [5, 5.41) is 0. The van der Waals surface area contributed by atoms with Crippen molar-refractivity contribution in [2.75, 3.05) is 6.54 Å². The van der Waals surface area contributed by atoms with Gasteiger partial charge in [-0.1, -0.05) is 12.1 Å². The van der Waals surface area contributed by atoms with Gasteiger partial charge in [0.15, 0.2) is 0 Å². The Hall–Kier alpha value is -1.61. The van der Waals surface area contributed by atoms with Gasteiger partial charge in [0.25, 0.3) is 0 Å². The zero-order chi connectivity index (χ0) is 16.2. The van der Waals surface area contributed by atoms with Crippen molar-refractivity contribution in [3.63, 3.8) is 0 Å². The number of nitrogens with zero attached hydrogens (tertiary/aromatic N) is 2. The SMILES string of the molecule is CC(C)(C)N1CCn2c(cc(-c3cccc(F)c3)c2C2CC2)C1. The summed E-state index contributed by atoms with van der Waals surface area (Å²) in [6, 6.07) is 9.37. The monoisotopic (exact) mass is 312 g/mol. The average Bonchev–Trinajstić information content (AvgIpc) is 3.25. The van der Waals surface area contributed by atoms with Crippen LogP contribution in [0.15, 0.2) is 30.3 Å². The molecule has 23 heavy (non-hydrogen) atoms. The summed E-state index contributed by atoms with van der Waals surface area (Å²) in [7, 11) is 0. The molecule has 2 nitrogen and oxygen atoms in total. The number of benzene rings is 1. The van der Waals surface area contributed by atoms with Crippen molar-refractivity contribution >= 4 is 0 Å². The molecule has 2 aromatic rings. The first-order valence-electron chi connectivity index (χ1n) is 8.67. The molecule has 1 saturated carbocycles. The van der Waals surface area contributed by atoms with Gasteiger partial charge in [-0.05, 0) is 63.3 Å². The van der Waals surface area contributed by atoms with Crippen molar-refractivity contribution in [2.24, 2.45) is 0 Å². The highest BCUT2D eigenvalue weighted by Crippen LogP contribution is 2.46. The Balaban J connectivity index is 1.78. The molecular formula is C20H25FN2. The Morgan fingerprint density at radius 3 is 2.52 bits per heavy atom. The highest BCUT2D eigenvalue weighted by Gasteiger charge is 2.34. The van der Waals surface area contributed by atoms with E-state index in [2.05, 4.69) is 36.3 Å². The molecular weight excluding hydrogens is 287 g/mol. The lowest BCUT2D eigenvalue weighted by Gasteiger charge is -2.39. The summed E-state index contributed by atoms with van der Waals surface area (Å²) >= 11 is 0. The van der Waals surface area contributed by atoms with Crippen LogP contribution in [-0.2, 0) is 13.1 Å². The number of fused-ring (bicyclic) bond motifs is 1. The number of rotatable bonds is 2. The van der Waals surface area contributed by atoms with Crippen LogP contribution < -0.4 is 0 Å². The van der Waals surface area contributed by atoms with Gasteiger partial charge in [0.2, 0.25) is 0 Å². The second-order valence-corrected chi connectivity index (χ2v) is 7.96. The smallest absolute Gasteiger partial charge is 0.123 e. The minimum absolute atomic E-state index is 0.148. The fourth-order valence-corrected chi connectivity index (χ4v) is 3.77. The lowest BCUT2D eigenvalue weighted by atomic mass is 10.0. The average molecular weight is 312 g/mol. The number of aromatic nitrogens is 1. The molecule has 0 unspecified atom stereocenters. The topological polar surface area (TPSA) is 8.17 Å². The minimum Gasteiger partial charge on any atom is -0.345 e. The first kappa shape index (κ1) is 14.9. The van der Waals surface area contributed by atoms with Crippen molar-refractivity contribution in [2.45, 2.75) is 58.2 Å². The molecule has 1 aliphatic heterocycles. The van der Waals surface area contributed by atoms with Crippen molar-refractivity contribution in [3.8, 4) is 11.1 Å². The molecule has 1 aromatic carbocycles. The van der Waals surface area contributed by atoms with Crippen molar-refractivity contribution in [1.82, 2.24) is 9.47 Å². The predicted molar refractivity (Wildman–Crippen MR) is 92.0 cm³/mol. The van der Waals surface area contributed by atoms with Crippen LogP contribution in [0.2, 0.25) is 0 Å². The number of hydrogen-bond acceptors (Lipinski definition) is 1. The molecule has 0 saturated heterocycles. The zero-order valence-electron chi connectivity index (χ0n) is 14.3. The fraction of sp³-hybridized carbons (Fsp3) is 0.500. The van der Waals surface area contributed by atoms with E-state index in [9.17, 15) is 4.39 Å². The Kier molecular flexibility index (Phi) is 3.38. The summed E-state index contributed by atoms with van der Waals surface area (Å²) in [4.78, 5) is 2.54. The third-order valence-corrected chi connectivity index (χ3v) is 5.22. The summed E-state index contributed by atoms with van der Waals surface area (Å²) in [6.45, 7) is 9.96. The third-order valence-electron chi connectivity index (χ3n) is 5.22. The van der Waals surface area contributed by atoms with Crippen molar-refractivity contribution < 1.29 is 4.39 Å². The standard InChI is InChI=1S/C20H25FN2/c1-20(2,3)22-9-10-23-17(13-22)12-18(19(23)14-7-8-14)15-5-4-6-16(21)11-15/h4-6,11-12,14H,7-10,13H2,1-3H3. The van der Waals surface area contributed by atoms with E-state index in [1.165, 1.54) is 35.9 Å². The lowest BCUT2D eigenvalue weighted by molar-refractivity contribution is 0.102. The molecule has 0 N–H and O–H groups in total. The zero-order valence-corrected chi connectivity index (χ0v) is 14.3. The molecule has 1 fully saturated rings. The van der Waals surface area contributed by atoms with Gasteiger partial charge in [-0.25, -0.2) is 4.39 Å². The van der Waals surface area contributed by atoms with Gasteiger partial charge in [0.1, 0.15) is 5.82 Å². The van der Waals surface area contributed by atoms with Gasteiger partial charge in [-0.3, -0.25) is 4.90 Å². The van der Waals surface area contributed by atoms with E-state index in [4.69, 9.17) is 0 Å². The van der Waals surface area contributed by atoms with Gasteiger partial charge >= 0.3 is 0 Å². The van der Waals surface area contributed by atoms with Gasteiger partial charge in [-0.2, -0.15) is 0 Å². The maximum Gasteiger partial charge on any atom is 0.123 e. The van der Waals surface area contributed by atoms with E-state index in [-0.39, 0.29) is 11.4 Å². The highest BCUT2D eigenvalue weighted by molar-refractivity contribution is 5.69. The second-order valence-electron chi connectivity index (χ2n) is 7.96. The van der Waals surface area contributed by atoms with E-state index in [1.54, 1.807) is 6.07 Å². The minimum atomic E-state index is -0.148. The third kappa shape index (κ3) is 2.72. The predicted octanol–water partition coefficient (Wildman–Crippen LogP) is 4.79. The van der Waals surface area contributed by atoms with E-state index in [1.807, 2.05) is 12.1 Å². The van der Waals surface area contributed by atoms with Gasteiger partial charge in [-0.15, -0.1) is 0 Å². The Morgan fingerprint density at radius 1 is 1.09 bits per heavy atom. The number of hydrogen-bond donors (Lipinski definition) is 0. The summed E-state index contributed by atoms with van der Waals surface area (Å²) in [6.07, 6.45) is 2.55. The molecule has 0 spiro atoms. The maximum atomic E-state index is 13.7. The second kappa shape index (κ2) is 5.20. The van der Waals surface area contributed by atoms with Gasteiger partial charge < -0.3 is 4.57 Å². The largest absolute Gasteiger partial charge is 0.345 e. The normalized spacial score (nSPS) is 19.0. The van der Waals surface area contributed by atoms with Crippen LogP contribution in [-0.4, -0.2) is 21.6 Å². The van der Waals surface area contributed by atoms with Crippen LogP contribution in [0, 0.1) is 5.82 Å². The Morgan fingerprint density at radius 2 is 1.87 bits per heavy atom. The first-order chi connectivity index (χ1) is 10.9. The molecule has 0 bridgehead atoms. The Bertz CT molecular complexity index is 735. The van der Waals surface area contributed by atoms with E-state index in [0.29, 0.717) is 5.92 Å². The lowest BCUT2D eigenvalue weighted by Crippen LogP contribution is -2.45. The maximum absolute atomic E-state index is 13.7. The highest BCUT2D eigenvalue weighted by atomic mass is 19.1. The summed E-state index contributed by atoms with van der Waals surface area (Å²) < 4.78 is 16.2. The van der Waals surface area contributed by atoms with Crippen molar-refractivity contribution in [3.05, 3.63) is 47.5 Å². The molecule has 0 radical (unpaired) electrons. The fourth-order valence-electron chi connectivity index (χ4n) is 3.77. The van der Waals surface area contributed by atoms with Crippen LogP contribution in [0.1, 0.15) is 50.9 Å². The van der Waals surface area contributed by atoms with Crippen LogP contribution in [0.5, 0.6) is 0 Å². The molecule has 0 amide bonds. The van der Waals surface area contributed by atoms with Crippen LogP contribution in [0.25, 0.3) is 11.1 Å².